The van der Waals surface area contributed by atoms with E-state index < -0.39 is 0 Å². The van der Waals surface area contributed by atoms with Crippen molar-refractivity contribution in [3.63, 3.8) is 0 Å². The number of nitrogens with zero attached hydrogens (tertiary/aromatic N) is 1. The third-order valence-electron chi connectivity index (χ3n) is 3.02. The maximum atomic E-state index is 3.55. The molecule has 0 unspecified atom stereocenters. The summed E-state index contributed by atoms with van der Waals surface area (Å²) in [6, 6.07) is 11.5. The second kappa shape index (κ2) is 6.02. The van der Waals surface area contributed by atoms with Crippen molar-refractivity contribution in [1.82, 2.24) is 10.2 Å². The van der Waals surface area contributed by atoms with Gasteiger partial charge in [-0.15, -0.1) is 0 Å². The molecule has 1 N–H and O–H groups in total. The van der Waals surface area contributed by atoms with E-state index in [1.165, 1.54) is 37.9 Å². The van der Waals surface area contributed by atoms with Crippen LogP contribution in [0.4, 0.5) is 0 Å². The molecule has 0 heterocycles. The number of hydrogen-bond acceptors (Lipinski definition) is 2. The number of rotatable bonds is 7. The Labute approximate surface area is 98.7 Å². The molecule has 16 heavy (non-hydrogen) atoms. The lowest BCUT2D eigenvalue weighted by Crippen LogP contribution is -2.24. The number of benzene rings is 1. The van der Waals surface area contributed by atoms with Gasteiger partial charge >= 0.3 is 0 Å². The zero-order valence-corrected chi connectivity index (χ0v) is 10.2. The smallest absolute Gasteiger partial charge is 0.0230 e. The second-order valence-electron chi connectivity index (χ2n) is 4.81. The Hall–Kier alpha value is -0.860. The average molecular weight is 218 g/mol. The SMILES string of the molecule is CN(CCCNC1CC1)Cc1ccccc1. The van der Waals surface area contributed by atoms with Gasteiger partial charge in [-0.2, -0.15) is 0 Å². The van der Waals surface area contributed by atoms with E-state index >= 15 is 0 Å². The quantitative estimate of drug-likeness (QED) is 0.706. The predicted molar refractivity (Wildman–Crippen MR) is 68.4 cm³/mol. The van der Waals surface area contributed by atoms with E-state index in [0.29, 0.717) is 0 Å². The fourth-order valence-corrected chi connectivity index (χ4v) is 1.92. The molecule has 1 aliphatic carbocycles. The number of hydrogen-bond donors (Lipinski definition) is 1. The molecule has 0 bridgehead atoms. The highest BCUT2D eigenvalue weighted by Crippen LogP contribution is 2.18. The first-order chi connectivity index (χ1) is 7.84. The van der Waals surface area contributed by atoms with Crippen LogP contribution >= 0.6 is 0 Å². The lowest BCUT2D eigenvalue weighted by molar-refractivity contribution is 0.319. The van der Waals surface area contributed by atoms with Gasteiger partial charge < -0.3 is 10.2 Å². The topological polar surface area (TPSA) is 15.3 Å². The summed E-state index contributed by atoms with van der Waals surface area (Å²) in [5, 5.41) is 3.55. The van der Waals surface area contributed by atoms with Crippen LogP contribution in [0.3, 0.4) is 0 Å². The van der Waals surface area contributed by atoms with Gasteiger partial charge in [0.25, 0.3) is 0 Å². The van der Waals surface area contributed by atoms with Crippen molar-refractivity contribution in [2.75, 3.05) is 20.1 Å². The molecule has 88 valence electrons. The second-order valence-corrected chi connectivity index (χ2v) is 4.81. The maximum absolute atomic E-state index is 3.55. The van der Waals surface area contributed by atoms with E-state index in [0.717, 1.165) is 12.6 Å². The number of nitrogens with one attached hydrogen (secondary N) is 1. The van der Waals surface area contributed by atoms with Crippen molar-refractivity contribution < 1.29 is 0 Å². The van der Waals surface area contributed by atoms with Gasteiger partial charge in [0.1, 0.15) is 0 Å². The highest BCUT2D eigenvalue weighted by atomic mass is 15.1. The van der Waals surface area contributed by atoms with E-state index in [4.69, 9.17) is 0 Å². The van der Waals surface area contributed by atoms with E-state index in [9.17, 15) is 0 Å². The molecule has 2 nitrogen and oxygen atoms in total. The zero-order valence-electron chi connectivity index (χ0n) is 10.2. The molecule has 0 atom stereocenters. The average Bonchev–Trinajstić information content (AvgIpc) is 3.10. The third kappa shape index (κ3) is 4.33. The summed E-state index contributed by atoms with van der Waals surface area (Å²) in [4.78, 5) is 2.39. The standard InChI is InChI=1S/C14H22N2/c1-16(11-5-10-15-14-8-9-14)12-13-6-3-2-4-7-13/h2-4,6-7,14-15H,5,8-12H2,1H3. The van der Waals surface area contributed by atoms with Gasteiger partial charge in [-0.25, -0.2) is 0 Å². The fraction of sp³-hybridized carbons (Fsp3) is 0.571. The van der Waals surface area contributed by atoms with Crippen LogP contribution < -0.4 is 5.32 Å². The Morgan fingerprint density at radius 1 is 1.25 bits per heavy atom. The minimum Gasteiger partial charge on any atom is -0.314 e. The van der Waals surface area contributed by atoms with Crippen LogP contribution in [0.1, 0.15) is 24.8 Å². The normalized spacial score (nSPS) is 15.6. The lowest BCUT2D eigenvalue weighted by atomic mass is 10.2. The van der Waals surface area contributed by atoms with Crippen molar-refractivity contribution in [3.05, 3.63) is 35.9 Å². The van der Waals surface area contributed by atoms with Crippen LogP contribution in [0, 0.1) is 0 Å². The molecule has 2 heteroatoms. The summed E-state index contributed by atoms with van der Waals surface area (Å²) < 4.78 is 0. The molecule has 1 saturated carbocycles. The summed E-state index contributed by atoms with van der Waals surface area (Å²) in [7, 11) is 2.20. The Kier molecular flexibility index (Phi) is 4.37. The molecule has 0 amide bonds. The Balaban J connectivity index is 1.58. The molecule has 1 fully saturated rings. The van der Waals surface area contributed by atoms with Crippen molar-refractivity contribution >= 4 is 0 Å². The van der Waals surface area contributed by atoms with Gasteiger partial charge in [-0.1, -0.05) is 30.3 Å². The Morgan fingerprint density at radius 2 is 2.00 bits per heavy atom. The summed E-state index contributed by atoms with van der Waals surface area (Å²) >= 11 is 0. The molecule has 0 saturated heterocycles. The fourth-order valence-electron chi connectivity index (χ4n) is 1.92. The Bertz CT molecular complexity index is 293. The largest absolute Gasteiger partial charge is 0.314 e. The van der Waals surface area contributed by atoms with E-state index in [1.54, 1.807) is 0 Å². The van der Waals surface area contributed by atoms with E-state index in [-0.39, 0.29) is 0 Å². The summed E-state index contributed by atoms with van der Waals surface area (Å²) in [6.07, 6.45) is 4.03. The van der Waals surface area contributed by atoms with Crippen LogP contribution in [0.2, 0.25) is 0 Å². The summed E-state index contributed by atoms with van der Waals surface area (Å²) in [6.45, 7) is 3.41. The van der Waals surface area contributed by atoms with Crippen LogP contribution in [0.5, 0.6) is 0 Å². The van der Waals surface area contributed by atoms with Crippen molar-refractivity contribution in [2.24, 2.45) is 0 Å². The van der Waals surface area contributed by atoms with Gasteiger partial charge in [-0.05, 0) is 45.0 Å². The van der Waals surface area contributed by atoms with Crippen LogP contribution in [0.15, 0.2) is 30.3 Å². The molecular weight excluding hydrogens is 196 g/mol. The van der Waals surface area contributed by atoms with Crippen molar-refractivity contribution in [1.29, 1.82) is 0 Å². The van der Waals surface area contributed by atoms with E-state index in [2.05, 4.69) is 47.6 Å². The molecule has 0 aromatic heterocycles. The summed E-state index contributed by atoms with van der Waals surface area (Å²) in [5.74, 6) is 0. The minimum absolute atomic E-state index is 0.847. The predicted octanol–water partition coefficient (Wildman–Crippen LogP) is 2.26. The van der Waals surface area contributed by atoms with Crippen molar-refractivity contribution in [3.8, 4) is 0 Å². The molecular formula is C14H22N2. The zero-order chi connectivity index (χ0) is 11.2. The first-order valence-electron chi connectivity index (χ1n) is 6.30. The van der Waals surface area contributed by atoms with Gasteiger partial charge in [0.05, 0.1) is 0 Å². The highest BCUT2D eigenvalue weighted by molar-refractivity contribution is 5.14. The third-order valence-corrected chi connectivity index (χ3v) is 3.02. The molecule has 1 aromatic rings. The Morgan fingerprint density at radius 3 is 2.69 bits per heavy atom. The minimum atomic E-state index is 0.847. The summed E-state index contributed by atoms with van der Waals surface area (Å²) in [5.41, 5.74) is 1.40. The van der Waals surface area contributed by atoms with Crippen molar-refractivity contribution in [2.45, 2.75) is 31.8 Å². The van der Waals surface area contributed by atoms with Gasteiger partial charge in [-0.3, -0.25) is 0 Å². The maximum Gasteiger partial charge on any atom is 0.0230 e. The molecule has 0 spiro atoms. The van der Waals surface area contributed by atoms with Gasteiger partial charge in [0.15, 0.2) is 0 Å². The first-order valence-corrected chi connectivity index (χ1v) is 6.30. The van der Waals surface area contributed by atoms with Crippen LogP contribution in [-0.2, 0) is 6.54 Å². The van der Waals surface area contributed by atoms with Crippen LogP contribution in [-0.4, -0.2) is 31.1 Å². The first kappa shape index (κ1) is 11.6. The molecule has 1 aromatic carbocycles. The molecule has 0 radical (unpaired) electrons. The van der Waals surface area contributed by atoms with Gasteiger partial charge in [0.2, 0.25) is 0 Å². The lowest BCUT2D eigenvalue weighted by Gasteiger charge is -2.16. The molecule has 2 rings (SSSR count). The van der Waals surface area contributed by atoms with Gasteiger partial charge in [0, 0.05) is 12.6 Å². The van der Waals surface area contributed by atoms with Crippen LogP contribution in [0.25, 0.3) is 0 Å². The molecule has 1 aliphatic rings. The molecule has 0 aliphatic heterocycles. The monoisotopic (exact) mass is 218 g/mol. The highest BCUT2D eigenvalue weighted by Gasteiger charge is 2.19. The van der Waals surface area contributed by atoms with E-state index in [1.807, 2.05) is 0 Å².